The van der Waals surface area contributed by atoms with Crippen LogP contribution in [0.4, 0.5) is 0 Å². The molecule has 0 saturated carbocycles. The summed E-state index contributed by atoms with van der Waals surface area (Å²) >= 11 is 0. The van der Waals surface area contributed by atoms with Gasteiger partial charge in [-0.2, -0.15) is 0 Å². The molecule has 2 aromatic rings. The van der Waals surface area contributed by atoms with E-state index in [1.54, 1.807) is 6.07 Å². The van der Waals surface area contributed by atoms with E-state index in [9.17, 15) is 5.11 Å². The average Bonchev–Trinajstić information content (AvgIpc) is 2.82. The molecule has 0 bridgehead atoms. The molecule has 5 heteroatoms. The molecule has 5 nitrogen and oxygen atoms in total. The van der Waals surface area contributed by atoms with E-state index in [0.717, 1.165) is 45.0 Å². The van der Waals surface area contributed by atoms with Gasteiger partial charge in [-0.3, -0.25) is 4.90 Å². The standard InChI is InChI=1S/C13H17N3O2/c17-12-2-1-4-16-10-11(14-13(12)16)3-5-15-6-8-18-9-7-15/h1-2,4,10,17H,3,5-9H2. The van der Waals surface area contributed by atoms with Crippen LogP contribution in [0.5, 0.6) is 5.75 Å². The number of morpholine rings is 1. The molecular weight excluding hydrogens is 230 g/mol. The van der Waals surface area contributed by atoms with Crippen molar-refractivity contribution in [1.82, 2.24) is 14.3 Å². The predicted molar refractivity (Wildman–Crippen MR) is 67.8 cm³/mol. The van der Waals surface area contributed by atoms with Crippen molar-refractivity contribution in [1.29, 1.82) is 0 Å². The van der Waals surface area contributed by atoms with Crippen molar-refractivity contribution in [3.8, 4) is 5.75 Å². The van der Waals surface area contributed by atoms with Crippen molar-refractivity contribution < 1.29 is 9.84 Å². The van der Waals surface area contributed by atoms with Gasteiger partial charge in [0, 0.05) is 38.4 Å². The number of hydrogen-bond donors (Lipinski definition) is 1. The van der Waals surface area contributed by atoms with Gasteiger partial charge in [0.25, 0.3) is 0 Å². The van der Waals surface area contributed by atoms with Gasteiger partial charge in [0.1, 0.15) is 0 Å². The molecule has 0 spiro atoms. The maximum absolute atomic E-state index is 9.69. The highest BCUT2D eigenvalue weighted by molar-refractivity contribution is 5.53. The smallest absolute Gasteiger partial charge is 0.179 e. The summed E-state index contributed by atoms with van der Waals surface area (Å²) in [6.45, 7) is 4.64. The number of ether oxygens (including phenoxy) is 1. The maximum atomic E-state index is 9.69. The second-order valence-corrected chi connectivity index (χ2v) is 4.56. The molecule has 3 rings (SSSR count). The van der Waals surface area contributed by atoms with E-state index in [1.165, 1.54) is 0 Å². The van der Waals surface area contributed by atoms with Crippen LogP contribution in [0.2, 0.25) is 0 Å². The van der Waals surface area contributed by atoms with Crippen LogP contribution >= 0.6 is 0 Å². The molecule has 1 aliphatic heterocycles. The molecule has 3 heterocycles. The minimum absolute atomic E-state index is 0.232. The minimum Gasteiger partial charge on any atom is -0.504 e. The molecule has 2 aromatic heterocycles. The van der Waals surface area contributed by atoms with Crippen molar-refractivity contribution in [2.75, 3.05) is 32.8 Å². The fraction of sp³-hybridized carbons (Fsp3) is 0.462. The number of hydrogen-bond acceptors (Lipinski definition) is 4. The summed E-state index contributed by atoms with van der Waals surface area (Å²) in [4.78, 5) is 6.83. The Labute approximate surface area is 106 Å². The van der Waals surface area contributed by atoms with Gasteiger partial charge in [-0.05, 0) is 12.1 Å². The van der Waals surface area contributed by atoms with E-state index in [0.29, 0.717) is 5.65 Å². The minimum atomic E-state index is 0.232. The number of fused-ring (bicyclic) bond motifs is 1. The Bertz CT molecular complexity index is 532. The first kappa shape index (κ1) is 11.5. The average molecular weight is 247 g/mol. The van der Waals surface area contributed by atoms with Gasteiger partial charge in [0.15, 0.2) is 11.4 Å². The number of rotatable bonds is 3. The highest BCUT2D eigenvalue weighted by Crippen LogP contribution is 2.17. The zero-order valence-electron chi connectivity index (χ0n) is 10.2. The lowest BCUT2D eigenvalue weighted by atomic mass is 10.3. The van der Waals surface area contributed by atoms with Crippen LogP contribution in [0.1, 0.15) is 5.69 Å². The first-order valence-electron chi connectivity index (χ1n) is 6.28. The molecule has 1 N–H and O–H groups in total. The number of imidazole rings is 1. The molecule has 0 amide bonds. The number of pyridine rings is 1. The van der Waals surface area contributed by atoms with E-state index >= 15 is 0 Å². The molecule has 0 aromatic carbocycles. The second-order valence-electron chi connectivity index (χ2n) is 4.56. The SMILES string of the molecule is Oc1cccn2cc(CCN3CCOCC3)nc12. The second kappa shape index (κ2) is 4.96. The third-order valence-electron chi connectivity index (χ3n) is 3.30. The summed E-state index contributed by atoms with van der Waals surface area (Å²) in [6, 6.07) is 3.48. The summed E-state index contributed by atoms with van der Waals surface area (Å²) in [7, 11) is 0. The van der Waals surface area contributed by atoms with Gasteiger partial charge >= 0.3 is 0 Å². The largest absolute Gasteiger partial charge is 0.504 e. The van der Waals surface area contributed by atoms with Gasteiger partial charge in [-0.25, -0.2) is 4.98 Å². The van der Waals surface area contributed by atoms with Crippen LogP contribution in [0.15, 0.2) is 24.5 Å². The third-order valence-corrected chi connectivity index (χ3v) is 3.30. The number of aromatic hydroxyl groups is 1. The fourth-order valence-corrected chi connectivity index (χ4v) is 2.27. The Morgan fingerprint density at radius 1 is 1.33 bits per heavy atom. The Balaban J connectivity index is 1.69. The van der Waals surface area contributed by atoms with E-state index in [2.05, 4.69) is 9.88 Å². The van der Waals surface area contributed by atoms with Crippen LogP contribution in [0, 0.1) is 0 Å². The van der Waals surface area contributed by atoms with Crippen LogP contribution in [-0.4, -0.2) is 52.2 Å². The molecule has 18 heavy (non-hydrogen) atoms. The molecule has 1 saturated heterocycles. The van der Waals surface area contributed by atoms with Gasteiger partial charge in [0.05, 0.1) is 18.9 Å². The van der Waals surface area contributed by atoms with E-state index in [-0.39, 0.29) is 5.75 Å². The summed E-state index contributed by atoms with van der Waals surface area (Å²) in [5.41, 5.74) is 1.65. The van der Waals surface area contributed by atoms with Crippen LogP contribution in [0.25, 0.3) is 5.65 Å². The summed E-state index contributed by atoms with van der Waals surface area (Å²) in [5.74, 6) is 0.232. The van der Waals surface area contributed by atoms with Crippen molar-refractivity contribution in [2.24, 2.45) is 0 Å². The summed E-state index contributed by atoms with van der Waals surface area (Å²) in [5, 5.41) is 9.69. The topological polar surface area (TPSA) is 50.0 Å². The molecule has 1 aliphatic rings. The summed E-state index contributed by atoms with van der Waals surface area (Å²) in [6.07, 6.45) is 4.79. The van der Waals surface area contributed by atoms with E-state index in [1.807, 2.05) is 22.9 Å². The molecule has 1 fully saturated rings. The lowest BCUT2D eigenvalue weighted by Gasteiger charge is -2.26. The highest BCUT2D eigenvalue weighted by atomic mass is 16.5. The highest BCUT2D eigenvalue weighted by Gasteiger charge is 2.11. The van der Waals surface area contributed by atoms with E-state index in [4.69, 9.17) is 4.74 Å². The van der Waals surface area contributed by atoms with E-state index < -0.39 is 0 Å². The Hall–Kier alpha value is -1.59. The fourth-order valence-electron chi connectivity index (χ4n) is 2.27. The third kappa shape index (κ3) is 2.32. The van der Waals surface area contributed by atoms with Gasteiger partial charge < -0.3 is 14.2 Å². The van der Waals surface area contributed by atoms with Crippen molar-refractivity contribution in [3.63, 3.8) is 0 Å². The lowest BCUT2D eigenvalue weighted by Crippen LogP contribution is -2.37. The predicted octanol–water partition coefficient (Wildman–Crippen LogP) is 0.915. The zero-order chi connectivity index (χ0) is 12.4. The maximum Gasteiger partial charge on any atom is 0.179 e. The van der Waals surface area contributed by atoms with Crippen LogP contribution in [-0.2, 0) is 11.2 Å². The monoisotopic (exact) mass is 247 g/mol. The van der Waals surface area contributed by atoms with Gasteiger partial charge in [0.2, 0.25) is 0 Å². The number of nitrogens with zero attached hydrogens (tertiary/aromatic N) is 3. The summed E-state index contributed by atoms with van der Waals surface area (Å²) < 4.78 is 7.19. The molecular formula is C13H17N3O2. The van der Waals surface area contributed by atoms with Crippen molar-refractivity contribution in [2.45, 2.75) is 6.42 Å². The van der Waals surface area contributed by atoms with Crippen LogP contribution < -0.4 is 0 Å². The first-order chi connectivity index (χ1) is 8.83. The van der Waals surface area contributed by atoms with Crippen LogP contribution in [0.3, 0.4) is 0 Å². The molecule has 0 radical (unpaired) electrons. The normalized spacial score (nSPS) is 17.3. The first-order valence-corrected chi connectivity index (χ1v) is 6.28. The quantitative estimate of drug-likeness (QED) is 0.876. The Morgan fingerprint density at radius 3 is 2.94 bits per heavy atom. The molecule has 0 atom stereocenters. The number of aromatic nitrogens is 2. The Kier molecular flexibility index (Phi) is 3.17. The zero-order valence-corrected chi connectivity index (χ0v) is 10.2. The molecule has 96 valence electrons. The van der Waals surface area contributed by atoms with Gasteiger partial charge in [-0.15, -0.1) is 0 Å². The molecule has 0 aliphatic carbocycles. The molecule has 0 unspecified atom stereocenters. The van der Waals surface area contributed by atoms with Gasteiger partial charge in [-0.1, -0.05) is 0 Å². The lowest BCUT2D eigenvalue weighted by molar-refractivity contribution is 0.0383. The Morgan fingerprint density at radius 2 is 2.17 bits per heavy atom. The van der Waals surface area contributed by atoms with Crippen molar-refractivity contribution >= 4 is 5.65 Å². The van der Waals surface area contributed by atoms with Crippen molar-refractivity contribution in [3.05, 3.63) is 30.2 Å².